The van der Waals surface area contributed by atoms with Gasteiger partial charge in [0.1, 0.15) is 6.61 Å². The van der Waals surface area contributed by atoms with E-state index in [9.17, 15) is 14.9 Å². The van der Waals surface area contributed by atoms with E-state index in [4.69, 9.17) is 9.47 Å². The number of nitro benzene ring substituents is 1. The van der Waals surface area contributed by atoms with Gasteiger partial charge >= 0.3 is 0 Å². The van der Waals surface area contributed by atoms with Gasteiger partial charge in [-0.1, -0.05) is 18.2 Å². The summed E-state index contributed by atoms with van der Waals surface area (Å²) in [5.74, 6) is 0.948. The maximum absolute atomic E-state index is 12.9. The average molecular weight is 426 g/mol. The van der Waals surface area contributed by atoms with Crippen molar-refractivity contribution in [1.82, 2.24) is 4.90 Å². The van der Waals surface area contributed by atoms with Crippen LogP contribution in [0, 0.1) is 10.1 Å². The van der Waals surface area contributed by atoms with Crippen molar-refractivity contribution < 1.29 is 19.2 Å². The first-order valence-corrected chi connectivity index (χ1v) is 10.3. The first-order chi connectivity index (χ1) is 14.5. The zero-order chi connectivity index (χ0) is 21.5. The number of methoxy groups -OCH3 is 1. The molecule has 1 heterocycles. The van der Waals surface area contributed by atoms with Crippen LogP contribution in [0.25, 0.3) is 0 Å². The van der Waals surface area contributed by atoms with E-state index in [0.29, 0.717) is 31.2 Å². The Morgan fingerprint density at radius 3 is 2.63 bits per heavy atom. The molecule has 0 saturated carbocycles. The topological polar surface area (TPSA) is 81.9 Å². The lowest BCUT2D eigenvalue weighted by atomic mass is 10.1. The minimum atomic E-state index is -0.507. The van der Waals surface area contributed by atoms with Crippen molar-refractivity contribution in [3.05, 3.63) is 86.1 Å². The summed E-state index contributed by atoms with van der Waals surface area (Å²) in [6.45, 7) is 3.13. The molecule has 30 heavy (non-hydrogen) atoms. The van der Waals surface area contributed by atoms with E-state index in [2.05, 4.69) is 0 Å². The summed E-state index contributed by atoms with van der Waals surface area (Å²) in [7, 11) is 1.57. The average Bonchev–Trinajstić information content (AvgIpc) is 3.29. The highest BCUT2D eigenvalue weighted by atomic mass is 32.1. The first-order valence-electron chi connectivity index (χ1n) is 9.37. The normalized spacial score (nSPS) is 10.5. The second kappa shape index (κ2) is 9.89. The van der Waals surface area contributed by atoms with Gasteiger partial charge in [0, 0.05) is 35.7 Å². The van der Waals surface area contributed by atoms with E-state index in [1.807, 2.05) is 42.6 Å². The molecule has 0 spiro atoms. The SMILES string of the molecule is CCN(Cc1ccc(OCc2cccs2)c(OC)c1)C(=O)c1cccc([N+](=O)[O-])c1. The number of carbonyl (C=O) groups is 1. The molecule has 0 aliphatic rings. The van der Waals surface area contributed by atoms with Crippen molar-refractivity contribution in [1.29, 1.82) is 0 Å². The molecular weight excluding hydrogens is 404 g/mol. The molecule has 0 radical (unpaired) electrons. The van der Waals surface area contributed by atoms with E-state index < -0.39 is 4.92 Å². The number of nitrogens with zero attached hydrogens (tertiary/aromatic N) is 2. The second-order valence-electron chi connectivity index (χ2n) is 6.48. The van der Waals surface area contributed by atoms with E-state index in [1.165, 1.54) is 18.2 Å². The largest absolute Gasteiger partial charge is 0.493 e. The molecule has 8 heteroatoms. The number of benzene rings is 2. The van der Waals surface area contributed by atoms with Crippen LogP contribution in [0.2, 0.25) is 0 Å². The number of hydrogen-bond donors (Lipinski definition) is 0. The lowest BCUT2D eigenvalue weighted by molar-refractivity contribution is -0.384. The monoisotopic (exact) mass is 426 g/mol. The third-order valence-electron chi connectivity index (χ3n) is 4.52. The van der Waals surface area contributed by atoms with E-state index in [-0.39, 0.29) is 17.2 Å². The fraction of sp³-hybridized carbons (Fsp3) is 0.227. The highest BCUT2D eigenvalue weighted by Gasteiger charge is 2.18. The molecule has 0 aliphatic carbocycles. The lowest BCUT2D eigenvalue weighted by Gasteiger charge is -2.22. The smallest absolute Gasteiger partial charge is 0.270 e. The van der Waals surface area contributed by atoms with Crippen LogP contribution in [-0.4, -0.2) is 29.4 Å². The van der Waals surface area contributed by atoms with Crippen LogP contribution in [0.4, 0.5) is 5.69 Å². The molecule has 0 saturated heterocycles. The molecule has 0 N–H and O–H groups in total. The predicted molar refractivity (Wildman–Crippen MR) is 115 cm³/mol. The summed E-state index contributed by atoms with van der Waals surface area (Å²) in [5.41, 5.74) is 1.05. The second-order valence-corrected chi connectivity index (χ2v) is 7.51. The molecule has 1 aromatic heterocycles. The third-order valence-corrected chi connectivity index (χ3v) is 5.37. The molecule has 0 fully saturated rings. The zero-order valence-electron chi connectivity index (χ0n) is 16.7. The fourth-order valence-electron chi connectivity index (χ4n) is 2.96. The van der Waals surface area contributed by atoms with Crippen LogP contribution < -0.4 is 9.47 Å². The number of thiophene rings is 1. The Bertz CT molecular complexity index is 1020. The predicted octanol–water partition coefficient (Wildman–Crippen LogP) is 4.91. The van der Waals surface area contributed by atoms with Crippen molar-refractivity contribution in [2.24, 2.45) is 0 Å². The van der Waals surface area contributed by atoms with Crippen molar-refractivity contribution in [3.8, 4) is 11.5 Å². The molecule has 1 amide bonds. The van der Waals surface area contributed by atoms with Gasteiger partial charge in [0.05, 0.1) is 12.0 Å². The summed E-state index contributed by atoms with van der Waals surface area (Å²) in [5, 5.41) is 13.0. The molecule has 3 aromatic rings. The highest BCUT2D eigenvalue weighted by molar-refractivity contribution is 7.09. The minimum absolute atomic E-state index is 0.106. The molecule has 3 rings (SSSR count). The summed E-state index contributed by atoms with van der Waals surface area (Å²) >= 11 is 1.62. The summed E-state index contributed by atoms with van der Waals surface area (Å²) in [6.07, 6.45) is 0. The van der Waals surface area contributed by atoms with Gasteiger partial charge in [-0.05, 0) is 42.1 Å². The first kappa shape index (κ1) is 21.3. The van der Waals surface area contributed by atoms with E-state index in [0.717, 1.165) is 10.4 Å². The van der Waals surface area contributed by atoms with Gasteiger partial charge in [0.15, 0.2) is 11.5 Å². The molecule has 0 bridgehead atoms. The summed E-state index contributed by atoms with van der Waals surface area (Å²) < 4.78 is 11.3. The van der Waals surface area contributed by atoms with Crippen LogP contribution in [0.5, 0.6) is 11.5 Å². The van der Waals surface area contributed by atoms with Gasteiger partial charge in [0.25, 0.3) is 11.6 Å². The van der Waals surface area contributed by atoms with Gasteiger partial charge in [0.2, 0.25) is 0 Å². The standard InChI is InChI=1S/C22H22N2O5S/c1-3-23(22(25)17-6-4-7-18(13-17)24(26)27)14-16-9-10-20(21(12-16)28-2)29-15-19-8-5-11-30-19/h4-13H,3,14-15H2,1-2H3. The Balaban J connectivity index is 1.73. The maximum atomic E-state index is 12.9. The number of hydrogen-bond acceptors (Lipinski definition) is 6. The zero-order valence-corrected chi connectivity index (χ0v) is 17.6. The van der Waals surface area contributed by atoms with Crippen LogP contribution in [0.1, 0.15) is 27.7 Å². The molecule has 2 aromatic carbocycles. The van der Waals surface area contributed by atoms with Gasteiger partial charge in [-0.2, -0.15) is 0 Å². The Hall–Kier alpha value is -3.39. The van der Waals surface area contributed by atoms with Crippen LogP contribution in [-0.2, 0) is 13.2 Å². The van der Waals surface area contributed by atoms with Crippen molar-refractivity contribution in [3.63, 3.8) is 0 Å². The van der Waals surface area contributed by atoms with Crippen LogP contribution >= 0.6 is 11.3 Å². The Kier molecular flexibility index (Phi) is 7.03. The third kappa shape index (κ3) is 5.15. The summed E-state index contributed by atoms with van der Waals surface area (Å²) in [4.78, 5) is 26.1. The maximum Gasteiger partial charge on any atom is 0.270 e. The van der Waals surface area contributed by atoms with Crippen molar-refractivity contribution >= 4 is 22.9 Å². The van der Waals surface area contributed by atoms with Gasteiger partial charge in [-0.25, -0.2) is 0 Å². The Morgan fingerprint density at radius 1 is 1.13 bits per heavy atom. The minimum Gasteiger partial charge on any atom is -0.493 e. The molecule has 7 nitrogen and oxygen atoms in total. The number of ether oxygens (including phenoxy) is 2. The molecule has 156 valence electrons. The van der Waals surface area contributed by atoms with Crippen molar-refractivity contribution in [2.75, 3.05) is 13.7 Å². The van der Waals surface area contributed by atoms with Crippen LogP contribution in [0.3, 0.4) is 0 Å². The van der Waals surface area contributed by atoms with Gasteiger partial charge in [-0.15, -0.1) is 11.3 Å². The molecular formula is C22H22N2O5S. The molecule has 0 atom stereocenters. The van der Waals surface area contributed by atoms with Crippen LogP contribution in [0.15, 0.2) is 60.0 Å². The summed E-state index contributed by atoms with van der Waals surface area (Å²) in [6, 6.07) is 15.3. The number of nitro groups is 1. The fourth-order valence-corrected chi connectivity index (χ4v) is 3.57. The van der Waals surface area contributed by atoms with E-state index in [1.54, 1.807) is 29.4 Å². The molecule has 0 unspecified atom stereocenters. The Labute approximate surface area is 178 Å². The lowest BCUT2D eigenvalue weighted by Crippen LogP contribution is -2.30. The number of carbonyl (C=O) groups excluding carboxylic acids is 1. The quantitative estimate of drug-likeness (QED) is 0.359. The number of non-ortho nitro benzene ring substituents is 1. The number of rotatable bonds is 9. The van der Waals surface area contributed by atoms with Crippen molar-refractivity contribution in [2.45, 2.75) is 20.1 Å². The van der Waals surface area contributed by atoms with Gasteiger partial charge < -0.3 is 14.4 Å². The van der Waals surface area contributed by atoms with Gasteiger partial charge in [-0.3, -0.25) is 14.9 Å². The number of amides is 1. The Morgan fingerprint density at radius 2 is 1.97 bits per heavy atom. The van der Waals surface area contributed by atoms with E-state index >= 15 is 0 Å². The highest BCUT2D eigenvalue weighted by Crippen LogP contribution is 2.30. The molecule has 0 aliphatic heterocycles.